The van der Waals surface area contributed by atoms with Gasteiger partial charge in [-0.2, -0.15) is 0 Å². The SMILES string of the molecule is CCC(C)(CC(C)(C)I)C(N)=O. The summed E-state index contributed by atoms with van der Waals surface area (Å²) in [5.41, 5.74) is 5.00. The predicted molar refractivity (Wildman–Crippen MR) is 60.3 cm³/mol. The number of amides is 1. The van der Waals surface area contributed by atoms with Gasteiger partial charge in [0.2, 0.25) is 5.91 Å². The molecule has 0 aromatic rings. The molecule has 72 valence electrons. The summed E-state index contributed by atoms with van der Waals surface area (Å²) in [7, 11) is 0. The van der Waals surface area contributed by atoms with E-state index in [1.807, 2.05) is 13.8 Å². The van der Waals surface area contributed by atoms with Crippen molar-refractivity contribution in [1.82, 2.24) is 0 Å². The second-order valence-electron chi connectivity index (χ2n) is 4.17. The fraction of sp³-hybridized carbons (Fsp3) is 0.889. The quantitative estimate of drug-likeness (QED) is 0.625. The largest absolute Gasteiger partial charge is 0.369 e. The van der Waals surface area contributed by atoms with Crippen LogP contribution in [0.3, 0.4) is 0 Å². The Morgan fingerprint density at radius 3 is 1.92 bits per heavy atom. The Morgan fingerprint density at radius 1 is 1.42 bits per heavy atom. The summed E-state index contributed by atoms with van der Waals surface area (Å²) in [6.45, 7) is 8.18. The van der Waals surface area contributed by atoms with E-state index < -0.39 is 0 Å². The number of carbonyl (C=O) groups is 1. The molecule has 0 saturated carbocycles. The van der Waals surface area contributed by atoms with Gasteiger partial charge < -0.3 is 5.73 Å². The molecule has 0 rings (SSSR count). The molecule has 0 fully saturated rings. The lowest BCUT2D eigenvalue weighted by atomic mass is 9.79. The molecule has 1 atom stereocenters. The monoisotopic (exact) mass is 283 g/mol. The second-order valence-corrected chi connectivity index (χ2v) is 7.09. The zero-order valence-electron chi connectivity index (χ0n) is 8.28. The first-order chi connectivity index (χ1) is 5.21. The summed E-state index contributed by atoms with van der Waals surface area (Å²) in [5.74, 6) is -0.185. The summed E-state index contributed by atoms with van der Waals surface area (Å²) in [6.07, 6.45) is 1.65. The van der Waals surface area contributed by atoms with Crippen LogP contribution >= 0.6 is 22.6 Å². The number of alkyl halides is 1. The van der Waals surface area contributed by atoms with Crippen molar-refractivity contribution < 1.29 is 4.79 Å². The van der Waals surface area contributed by atoms with E-state index in [0.29, 0.717) is 0 Å². The van der Waals surface area contributed by atoms with Crippen LogP contribution in [0.4, 0.5) is 0 Å². The second kappa shape index (κ2) is 3.94. The molecule has 0 aliphatic carbocycles. The van der Waals surface area contributed by atoms with Crippen LogP contribution in [0, 0.1) is 5.41 Å². The minimum atomic E-state index is -0.343. The van der Waals surface area contributed by atoms with Crippen molar-refractivity contribution in [2.45, 2.75) is 44.0 Å². The minimum Gasteiger partial charge on any atom is -0.369 e. The molecule has 0 radical (unpaired) electrons. The van der Waals surface area contributed by atoms with Crippen molar-refractivity contribution in [1.29, 1.82) is 0 Å². The summed E-state index contributed by atoms with van der Waals surface area (Å²) in [6, 6.07) is 0. The molecule has 0 heterocycles. The Morgan fingerprint density at radius 2 is 1.83 bits per heavy atom. The number of carbonyl (C=O) groups excluding carboxylic acids is 1. The smallest absolute Gasteiger partial charge is 0.223 e. The minimum absolute atomic E-state index is 0.136. The van der Waals surface area contributed by atoms with Gasteiger partial charge in [0.1, 0.15) is 0 Å². The van der Waals surface area contributed by atoms with Crippen molar-refractivity contribution in [3.63, 3.8) is 0 Å². The van der Waals surface area contributed by atoms with Crippen LogP contribution in [-0.2, 0) is 4.79 Å². The van der Waals surface area contributed by atoms with Crippen LogP contribution in [0.15, 0.2) is 0 Å². The van der Waals surface area contributed by atoms with Gasteiger partial charge in [-0.15, -0.1) is 0 Å². The zero-order valence-corrected chi connectivity index (χ0v) is 10.4. The van der Waals surface area contributed by atoms with E-state index in [-0.39, 0.29) is 14.7 Å². The molecule has 0 aliphatic rings. The highest BCUT2D eigenvalue weighted by atomic mass is 127. The van der Waals surface area contributed by atoms with Crippen LogP contribution < -0.4 is 5.73 Å². The average molecular weight is 283 g/mol. The standard InChI is InChI=1S/C9H18INO/c1-5-9(4,7(11)12)6-8(2,3)10/h5-6H2,1-4H3,(H2,11,12). The molecular formula is C9H18INO. The van der Waals surface area contributed by atoms with Gasteiger partial charge in [-0.25, -0.2) is 0 Å². The maximum absolute atomic E-state index is 11.1. The molecule has 2 nitrogen and oxygen atoms in total. The third-order valence-corrected chi connectivity index (χ3v) is 2.57. The predicted octanol–water partition coefficient (Wildman–Crippen LogP) is 2.49. The molecule has 2 N–H and O–H groups in total. The normalized spacial score (nSPS) is 17.1. The molecule has 1 unspecified atom stereocenters. The molecule has 0 aromatic carbocycles. The summed E-state index contributed by atoms with van der Waals surface area (Å²) < 4.78 is 0.136. The molecular weight excluding hydrogens is 265 g/mol. The maximum atomic E-state index is 11.1. The first kappa shape index (κ1) is 12.2. The Balaban J connectivity index is 4.46. The van der Waals surface area contributed by atoms with Gasteiger partial charge in [0.25, 0.3) is 0 Å². The van der Waals surface area contributed by atoms with Crippen LogP contribution in [0.5, 0.6) is 0 Å². The molecule has 1 amide bonds. The van der Waals surface area contributed by atoms with Crippen LogP contribution in [0.2, 0.25) is 0 Å². The third kappa shape index (κ3) is 3.74. The number of nitrogens with two attached hydrogens (primary N) is 1. The van der Waals surface area contributed by atoms with Gasteiger partial charge in [0.15, 0.2) is 0 Å². The van der Waals surface area contributed by atoms with Crippen molar-refractivity contribution in [2.24, 2.45) is 11.1 Å². The van der Waals surface area contributed by atoms with E-state index in [2.05, 4.69) is 36.4 Å². The highest BCUT2D eigenvalue weighted by Crippen LogP contribution is 2.36. The van der Waals surface area contributed by atoms with Gasteiger partial charge in [-0.3, -0.25) is 4.79 Å². The molecule has 0 aliphatic heterocycles. The molecule has 3 heteroatoms. The first-order valence-corrected chi connectivity index (χ1v) is 5.28. The summed E-state index contributed by atoms with van der Waals surface area (Å²) in [5, 5.41) is 0. The summed E-state index contributed by atoms with van der Waals surface area (Å²) >= 11 is 2.35. The summed E-state index contributed by atoms with van der Waals surface area (Å²) in [4.78, 5) is 11.1. The number of rotatable bonds is 4. The molecule has 0 spiro atoms. The van der Waals surface area contributed by atoms with E-state index in [0.717, 1.165) is 12.8 Å². The van der Waals surface area contributed by atoms with Crippen molar-refractivity contribution >= 4 is 28.5 Å². The number of primary amides is 1. The lowest BCUT2D eigenvalue weighted by Crippen LogP contribution is -2.38. The number of hydrogen-bond acceptors (Lipinski definition) is 1. The zero-order chi connectivity index (χ0) is 9.99. The Bertz CT molecular complexity index is 174. The van der Waals surface area contributed by atoms with E-state index in [1.165, 1.54) is 0 Å². The van der Waals surface area contributed by atoms with Gasteiger partial charge >= 0.3 is 0 Å². The van der Waals surface area contributed by atoms with Crippen LogP contribution in [0.1, 0.15) is 40.5 Å². The fourth-order valence-corrected chi connectivity index (χ4v) is 2.16. The van der Waals surface area contributed by atoms with Gasteiger partial charge in [0, 0.05) is 8.84 Å². The van der Waals surface area contributed by atoms with Crippen molar-refractivity contribution in [3.05, 3.63) is 0 Å². The molecule has 0 bridgehead atoms. The first-order valence-electron chi connectivity index (χ1n) is 4.20. The van der Waals surface area contributed by atoms with Gasteiger partial charge in [-0.05, 0) is 12.8 Å². The van der Waals surface area contributed by atoms with Crippen molar-refractivity contribution in [2.75, 3.05) is 0 Å². The maximum Gasteiger partial charge on any atom is 0.223 e. The van der Waals surface area contributed by atoms with Crippen LogP contribution in [0.25, 0.3) is 0 Å². The molecule has 12 heavy (non-hydrogen) atoms. The number of hydrogen-bond donors (Lipinski definition) is 1. The average Bonchev–Trinajstić information content (AvgIpc) is 1.83. The van der Waals surface area contributed by atoms with Crippen molar-refractivity contribution in [3.8, 4) is 0 Å². The highest BCUT2D eigenvalue weighted by Gasteiger charge is 2.34. The van der Waals surface area contributed by atoms with Crippen LogP contribution in [-0.4, -0.2) is 9.33 Å². The van der Waals surface area contributed by atoms with Gasteiger partial charge in [-0.1, -0.05) is 50.3 Å². The Labute approximate surface area is 88.4 Å². The van der Waals surface area contributed by atoms with Gasteiger partial charge in [0.05, 0.1) is 0 Å². The third-order valence-electron chi connectivity index (χ3n) is 2.19. The van der Waals surface area contributed by atoms with E-state index in [4.69, 9.17) is 5.73 Å². The van der Waals surface area contributed by atoms with E-state index in [9.17, 15) is 4.79 Å². The highest BCUT2D eigenvalue weighted by molar-refractivity contribution is 14.1. The number of halogens is 1. The topological polar surface area (TPSA) is 43.1 Å². The van der Waals surface area contributed by atoms with E-state index in [1.54, 1.807) is 0 Å². The fourth-order valence-electron chi connectivity index (χ4n) is 1.31. The lowest BCUT2D eigenvalue weighted by molar-refractivity contribution is -0.127. The molecule has 0 aromatic heterocycles. The Kier molecular flexibility index (Phi) is 4.00. The lowest BCUT2D eigenvalue weighted by Gasteiger charge is -2.30. The molecule has 0 saturated heterocycles. The van der Waals surface area contributed by atoms with E-state index >= 15 is 0 Å². The Hall–Kier alpha value is 0.200.